The number of aliphatic hydroxyl groups is 1. The fraction of sp³-hybridized carbons (Fsp3) is 0.393. The lowest BCUT2D eigenvalue weighted by Gasteiger charge is -2.25. The molecule has 1 aromatic heterocycles. The van der Waals surface area contributed by atoms with Crippen LogP contribution >= 0.6 is 11.6 Å². The van der Waals surface area contributed by atoms with Gasteiger partial charge in [0.1, 0.15) is 17.6 Å². The van der Waals surface area contributed by atoms with Gasteiger partial charge in [-0.1, -0.05) is 23.7 Å². The number of ether oxygens (including phenoxy) is 2. The van der Waals surface area contributed by atoms with Crippen molar-refractivity contribution in [3.63, 3.8) is 0 Å². The van der Waals surface area contributed by atoms with Gasteiger partial charge in [-0.15, -0.1) is 0 Å². The molecule has 1 saturated heterocycles. The number of nitrogens with one attached hydrogen (secondary N) is 2. The summed E-state index contributed by atoms with van der Waals surface area (Å²) in [5.74, 6) is -1.13. The molecule has 224 valence electrons. The number of fused-ring (bicyclic) bond motifs is 1. The molecule has 42 heavy (non-hydrogen) atoms. The number of benzene rings is 2. The summed E-state index contributed by atoms with van der Waals surface area (Å²) in [6.45, 7) is -3.71. The van der Waals surface area contributed by atoms with Crippen molar-refractivity contribution in [1.82, 2.24) is 19.6 Å². The van der Waals surface area contributed by atoms with E-state index in [1.54, 1.807) is 12.1 Å². The average molecular weight is 624 g/mol. The highest BCUT2D eigenvalue weighted by molar-refractivity contribution is 7.89. The van der Waals surface area contributed by atoms with Crippen LogP contribution in [-0.2, 0) is 26.1 Å². The van der Waals surface area contributed by atoms with Gasteiger partial charge in [0.25, 0.3) is 0 Å². The van der Waals surface area contributed by atoms with Crippen molar-refractivity contribution >= 4 is 33.5 Å². The molecule has 2 aromatic carbocycles. The SMILES string of the molecule is [2H]C1([2H])CC(Nc2ncc(Cl)c(-c3ccc4c(c3)S(=O)(=O)N(C(C)C(=O)NC(CO)c3cc(F)cc(OC)c3)C4)n2)CC([2H])([2H])O1. The first-order valence-electron chi connectivity index (χ1n) is 14.9. The molecule has 0 spiro atoms. The number of methoxy groups -OCH3 is 1. The first kappa shape index (κ1) is 25.2. The molecule has 11 nitrogen and oxygen atoms in total. The molecular formula is C28H31ClFN5O6S. The first-order chi connectivity index (χ1) is 21.5. The number of rotatable bonds is 9. The molecule has 0 aliphatic carbocycles. The molecule has 2 aliphatic heterocycles. The summed E-state index contributed by atoms with van der Waals surface area (Å²) >= 11 is 6.39. The molecular weight excluding hydrogens is 589 g/mol. The van der Waals surface area contributed by atoms with Gasteiger partial charge in [0.05, 0.1) is 47.1 Å². The summed E-state index contributed by atoms with van der Waals surface area (Å²) in [5.41, 5.74) is 1.17. The molecule has 1 amide bonds. The maximum Gasteiger partial charge on any atom is 0.244 e. The lowest BCUT2D eigenvalue weighted by molar-refractivity contribution is -0.125. The van der Waals surface area contributed by atoms with Crippen LogP contribution in [0.25, 0.3) is 11.3 Å². The van der Waals surface area contributed by atoms with Gasteiger partial charge in [0.15, 0.2) is 0 Å². The number of nitrogens with zero attached hydrogens (tertiary/aromatic N) is 3. The van der Waals surface area contributed by atoms with Crippen LogP contribution < -0.4 is 15.4 Å². The highest BCUT2D eigenvalue weighted by Crippen LogP contribution is 2.36. The summed E-state index contributed by atoms with van der Waals surface area (Å²) in [7, 11) is -2.84. The first-order valence-corrected chi connectivity index (χ1v) is 14.7. The van der Waals surface area contributed by atoms with Gasteiger partial charge in [-0.25, -0.2) is 22.8 Å². The third-order valence-electron chi connectivity index (χ3n) is 6.98. The van der Waals surface area contributed by atoms with E-state index in [1.807, 2.05) is 0 Å². The van der Waals surface area contributed by atoms with E-state index in [0.29, 0.717) is 11.1 Å². The minimum Gasteiger partial charge on any atom is -0.497 e. The Morgan fingerprint density at radius 3 is 2.79 bits per heavy atom. The standard InChI is InChI=1S/C28H31ClFN5O6S/c1-16(27(37)33-24(15-36)19-9-20(30)12-22(10-19)40-2)35-14-18-4-3-17(11-25(18)42(35,38)39)26-23(29)13-31-28(34-26)32-21-5-7-41-8-6-21/h3-4,9-13,16,21,24,36H,5-8,14-15H2,1-2H3,(H,33,37)(H,31,32,34)/i7D2,8D2. The zero-order valence-corrected chi connectivity index (χ0v) is 24.2. The summed E-state index contributed by atoms with van der Waals surface area (Å²) in [5, 5.41) is 15.5. The maximum atomic E-state index is 14.1. The number of carbonyl (C=O) groups is 1. The van der Waals surface area contributed by atoms with Crippen LogP contribution in [0.15, 0.2) is 47.5 Å². The summed E-state index contributed by atoms with van der Waals surface area (Å²) in [6, 6.07) is 5.38. The molecule has 5 rings (SSSR count). The van der Waals surface area contributed by atoms with Gasteiger partial charge in [0.2, 0.25) is 21.9 Å². The Morgan fingerprint density at radius 1 is 1.31 bits per heavy atom. The minimum absolute atomic E-state index is 0.0301. The van der Waals surface area contributed by atoms with Crippen molar-refractivity contribution < 1.29 is 37.7 Å². The van der Waals surface area contributed by atoms with E-state index in [2.05, 4.69) is 20.6 Å². The quantitative estimate of drug-likeness (QED) is 0.327. The molecule has 2 aliphatic rings. The molecule has 2 unspecified atom stereocenters. The number of halogens is 2. The van der Waals surface area contributed by atoms with E-state index in [1.165, 1.54) is 32.4 Å². The third kappa shape index (κ3) is 6.20. The number of amides is 1. The lowest BCUT2D eigenvalue weighted by Crippen LogP contribution is -2.46. The fourth-order valence-electron chi connectivity index (χ4n) is 4.69. The van der Waals surface area contributed by atoms with Gasteiger partial charge in [-0.05, 0) is 49.1 Å². The van der Waals surface area contributed by atoms with E-state index in [4.69, 9.17) is 26.6 Å². The van der Waals surface area contributed by atoms with Gasteiger partial charge in [-0.3, -0.25) is 4.79 Å². The number of aliphatic hydroxyl groups excluding tert-OH is 1. The molecule has 14 heteroatoms. The van der Waals surface area contributed by atoms with Gasteiger partial charge >= 0.3 is 0 Å². The van der Waals surface area contributed by atoms with E-state index in [9.17, 15) is 22.7 Å². The molecule has 1 fully saturated rings. The van der Waals surface area contributed by atoms with E-state index >= 15 is 0 Å². The predicted molar refractivity (Wildman–Crippen MR) is 153 cm³/mol. The van der Waals surface area contributed by atoms with E-state index in [-0.39, 0.29) is 52.3 Å². The number of carbonyl (C=O) groups excluding carboxylic acids is 1. The molecule has 3 aromatic rings. The Morgan fingerprint density at radius 2 is 2.07 bits per heavy atom. The highest BCUT2D eigenvalue weighted by Gasteiger charge is 2.41. The summed E-state index contributed by atoms with van der Waals surface area (Å²) in [4.78, 5) is 21.7. The van der Waals surface area contributed by atoms with Crippen molar-refractivity contribution in [2.75, 3.05) is 32.2 Å². The normalized spacial score (nSPS) is 22.0. The van der Waals surface area contributed by atoms with Crippen molar-refractivity contribution in [1.29, 1.82) is 0 Å². The maximum absolute atomic E-state index is 14.1. The Hall–Kier alpha value is -3.36. The van der Waals surface area contributed by atoms with Crippen LogP contribution in [-0.4, -0.2) is 72.6 Å². The zero-order valence-electron chi connectivity index (χ0n) is 26.6. The van der Waals surface area contributed by atoms with Crippen LogP contribution in [0.1, 0.15) is 42.4 Å². The number of sulfonamides is 1. The number of hydrogen-bond acceptors (Lipinski definition) is 9. The fourth-order valence-corrected chi connectivity index (χ4v) is 6.70. The van der Waals surface area contributed by atoms with Gasteiger partial charge < -0.3 is 25.2 Å². The number of anilines is 1. The second kappa shape index (κ2) is 12.5. The van der Waals surface area contributed by atoms with Crippen LogP contribution in [0, 0.1) is 5.82 Å². The van der Waals surface area contributed by atoms with Crippen molar-refractivity contribution in [3.05, 3.63) is 64.6 Å². The predicted octanol–water partition coefficient (Wildman–Crippen LogP) is 3.28. The molecule has 3 heterocycles. The van der Waals surface area contributed by atoms with Crippen molar-refractivity contribution in [2.45, 2.75) is 49.3 Å². The monoisotopic (exact) mass is 623 g/mol. The van der Waals surface area contributed by atoms with E-state index < -0.39 is 59.6 Å². The smallest absolute Gasteiger partial charge is 0.244 e. The second-order valence-electron chi connectivity index (χ2n) is 9.75. The zero-order chi connectivity index (χ0) is 33.6. The third-order valence-corrected chi connectivity index (χ3v) is 9.25. The van der Waals surface area contributed by atoms with E-state index in [0.717, 1.165) is 16.4 Å². The second-order valence-corrected chi connectivity index (χ2v) is 12.0. The topological polar surface area (TPSA) is 143 Å². The van der Waals surface area contributed by atoms with Gasteiger partial charge in [-0.2, -0.15) is 4.31 Å². The van der Waals surface area contributed by atoms with Crippen LogP contribution in [0.3, 0.4) is 0 Å². The molecule has 0 saturated carbocycles. The highest BCUT2D eigenvalue weighted by atomic mass is 35.5. The Labute approximate surface area is 253 Å². The van der Waals surface area contributed by atoms with Crippen molar-refractivity contribution in [2.24, 2.45) is 0 Å². The number of hydrogen-bond donors (Lipinski definition) is 3. The lowest BCUT2D eigenvalue weighted by atomic mass is 10.1. The summed E-state index contributed by atoms with van der Waals surface area (Å²) in [6.07, 6.45) is 0.963. The molecule has 0 radical (unpaired) electrons. The Kier molecular flexibility index (Phi) is 7.48. The van der Waals surface area contributed by atoms with Crippen LogP contribution in [0.4, 0.5) is 10.3 Å². The molecule has 0 bridgehead atoms. The van der Waals surface area contributed by atoms with Crippen molar-refractivity contribution in [3.8, 4) is 17.0 Å². The molecule has 2 atom stereocenters. The minimum atomic E-state index is -4.19. The average Bonchev–Trinajstić information content (AvgIpc) is 3.23. The van der Waals surface area contributed by atoms with Crippen LogP contribution in [0.2, 0.25) is 5.02 Å². The summed E-state index contributed by atoms with van der Waals surface area (Å²) < 4.78 is 83.8. The Bertz CT molecular complexity index is 1760. The van der Waals surface area contributed by atoms with Gasteiger partial charge in [0, 0.05) is 37.3 Å². The molecule has 3 N–H and O–H groups in total. The largest absolute Gasteiger partial charge is 0.497 e. The Balaban J connectivity index is 1.35. The van der Waals surface area contributed by atoms with Crippen LogP contribution in [0.5, 0.6) is 5.75 Å². The number of aromatic nitrogens is 2.